The van der Waals surface area contributed by atoms with E-state index in [4.69, 9.17) is 5.41 Å². The van der Waals surface area contributed by atoms with Crippen molar-refractivity contribution in [3.63, 3.8) is 0 Å². The highest BCUT2D eigenvalue weighted by Gasteiger charge is 1.96. The van der Waals surface area contributed by atoms with Gasteiger partial charge >= 0.3 is 0 Å². The Bertz CT molecular complexity index is 287. The fourth-order valence-electron chi connectivity index (χ4n) is 0.539. The van der Waals surface area contributed by atoms with Crippen LogP contribution in [0.25, 0.3) is 0 Å². The molecule has 0 aromatic carbocycles. The second-order valence-corrected chi connectivity index (χ2v) is 3.88. The van der Waals surface area contributed by atoms with Gasteiger partial charge in [0.15, 0.2) is 3.92 Å². The summed E-state index contributed by atoms with van der Waals surface area (Å²) in [5.74, 6) is 0. The largest absolute Gasteiger partial charge is 0.274 e. The highest BCUT2D eigenvalue weighted by Crippen LogP contribution is 2.06. The summed E-state index contributed by atoms with van der Waals surface area (Å²) in [6.45, 7) is 4.15. The Morgan fingerprint density at radius 2 is 2.60 bits per heavy atom. The minimum atomic E-state index is 0.437. The lowest BCUT2D eigenvalue weighted by molar-refractivity contribution is 0.658. The molecule has 0 aliphatic rings. The van der Waals surface area contributed by atoms with Crippen molar-refractivity contribution in [3.8, 4) is 0 Å². The van der Waals surface area contributed by atoms with Gasteiger partial charge in [0.25, 0.3) is 0 Å². The third-order valence-electron chi connectivity index (χ3n) is 0.917. The number of aromatic nitrogens is 2. The first-order valence-electron chi connectivity index (χ1n) is 2.63. The Labute approximate surface area is 70.6 Å². The molecule has 0 spiro atoms. The van der Waals surface area contributed by atoms with E-state index >= 15 is 0 Å². The van der Waals surface area contributed by atoms with Gasteiger partial charge in [-0.15, -0.1) is 6.58 Å². The fourth-order valence-corrected chi connectivity index (χ4v) is 1.71. The fraction of sp³-hybridized carbons (Fsp3) is 0.200. The molecule has 0 unspecified atom stereocenters. The van der Waals surface area contributed by atoms with Crippen LogP contribution in [-0.2, 0) is 6.54 Å². The second kappa shape index (κ2) is 3.12. The summed E-state index contributed by atoms with van der Waals surface area (Å²) < 4.78 is 2.31. The molecule has 0 saturated carbocycles. The molecule has 1 aromatic rings. The molecule has 1 rings (SSSR count). The van der Waals surface area contributed by atoms with Crippen LogP contribution in [0.4, 0.5) is 0 Å². The van der Waals surface area contributed by atoms with Gasteiger partial charge in [0, 0.05) is 0 Å². The Kier molecular flexibility index (Phi) is 2.39. The quantitative estimate of drug-likeness (QED) is 0.751. The average Bonchev–Trinajstić information content (AvgIpc) is 2.13. The molecular weight excluding hydrogens is 214 g/mol. The first-order chi connectivity index (χ1) is 4.74. The van der Waals surface area contributed by atoms with E-state index in [1.54, 1.807) is 10.8 Å². The smallest absolute Gasteiger partial charge is 0.201 e. The topological polar surface area (TPSA) is 41.7 Å². The van der Waals surface area contributed by atoms with Gasteiger partial charge in [0.1, 0.15) is 0 Å². The van der Waals surface area contributed by atoms with E-state index in [0.29, 0.717) is 11.3 Å². The number of nitrogens with one attached hydrogen (secondary N) is 1. The molecule has 10 heavy (non-hydrogen) atoms. The minimum absolute atomic E-state index is 0.437. The molecule has 0 bridgehead atoms. The van der Waals surface area contributed by atoms with Gasteiger partial charge < -0.3 is 0 Å². The van der Waals surface area contributed by atoms with E-state index < -0.39 is 0 Å². The maximum Gasteiger partial charge on any atom is 0.201 e. The zero-order valence-corrected chi connectivity index (χ0v) is 7.57. The molecule has 1 aromatic heterocycles. The molecule has 0 fully saturated rings. The zero-order chi connectivity index (χ0) is 7.56. The maximum absolute atomic E-state index is 7.34. The van der Waals surface area contributed by atoms with Crippen molar-refractivity contribution < 1.29 is 0 Å². The zero-order valence-electron chi connectivity index (χ0n) is 5.17. The molecular formula is C5H6BrN3S. The number of hydrogen-bond donors (Lipinski definition) is 1. The lowest BCUT2D eigenvalue weighted by Gasteiger charge is -1.89. The number of allylic oxidation sites excluding steroid dienone is 1. The van der Waals surface area contributed by atoms with Crippen LogP contribution in [0.3, 0.4) is 0 Å². The normalized spacial score (nSPS) is 9.70. The summed E-state index contributed by atoms with van der Waals surface area (Å²) in [6.07, 6.45) is 1.71. The highest BCUT2D eigenvalue weighted by atomic mass is 79.9. The van der Waals surface area contributed by atoms with Gasteiger partial charge in [0.2, 0.25) is 4.80 Å². The predicted molar refractivity (Wildman–Crippen MR) is 43.9 cm³/mol. The Morgan fingerprint density at radius 1 is 1.90 bits per heavy atom. The van der Waals surface area contributed by atoms with E-state index in [-0.39, 0.29) is 0 Å². The van der Waals surface area contributed by atoms with Gasteiger partial charge in [0.05, 0.1) is 6.54 Å². The van der Waals surface area contributed by atoms with Gasteiger partial charge in [-0.2, -0.15) is 5.10 Å². The van der Waals surface area contributed by atoms with Gasteiger partial charge in [-0.1, -0.05) is 17.4 Å². The summed E-state index contributed by atoms with van der Waals surface area (Å²) in [6, 6.07) is 0. The van der Waals surface area contributed by atoms with Gasteiger partial charge in [-0.3, -0.25) is 5.41 Å². The molecule has 0 aliphatic carbocycles. The summed E-state index contributed by atoms with van der Waals surface area (Å²) >= 11 is 4.48. The van der Waals surface area contributed by atoms with Gasteiger partial charge in [-0.05, 0) is 15.9 Å². The van der Waals surface area contributed by atoms with E-state index in [9.17, 15) is 0 Å². The lowest BCUT2D eigenvalue weighted by atomic mass is 10.6. The Balaban J connectivity index is 3.03. The monoisotopic (exact) mass is 219 g/mol. The van der Waals surface area contributed by atoms with E-state index in [2.05, 4.69) is 27.6 Å². The van der Waals surface area contributed by atoms with Gasteiger partial charge in [-0.25, -0.2) is 4.68 Å². The van der Waals surface area contributed by atoms with Crippen molar-refractivity contribution in [1.29, 1.82) is 5.41 Å². The van der Waals surface area contributed by atoms with Crippen LogP contribution < -0.4 is 4.80 Å². The standard InChI is InChI=1S/C5H6BrN3S/c1-2-3-9-5(7)10-4(6)8-9/h2,7H,1,3H2. The highest BCUT2D eigenvalue weighted by molar-refractivity contribution is 9.11. The third kappa shape index (κ3) is 1.54. The molecule has 1 N–H and O–H groups in total. The van der Waals surface area contributed by atoms with Crippen molar-refractivity contribution in [1.82, 2.24) is 9.78 Å². The first kappa shape index (κ1) is 7.68. The average molecular weight is 220 g/mol. The van der Waals surface area contributed by atoms with Crippen LogP contribution >= 0.6 is 27.3 Å². The van der Waals surface area contributed by atoms with Crippen LogP contribution in [0, 0.1) is 5.41 Å². The van der Waals surface area contributed by atoms with Crippen molar-refractivity contribution in [2.75, 3.05) is 0 Å². The number of hydrogen-bond acceptors (Lipinski definition) is 3. The maximum atomic E-state index is 7.34. The van der Waals surface area contributed by atoms with Crippen LogP contribution in [0.5, 0.6) is 0 Å². The molecule has 0 aliphatic heterocycles. The number of halogens is 1. The van der Waals surface area contributed by atoms with E-state index in [1.165, 1.54) is 11.3 Å². The second-order valence-electron chi connectivity index (χ2n) is 1.63. The van der Waals surface area contributed by atoms with Crippen molar-refractivity contribution in [2.45, 2.75) is 6.54 Å². The van der Waals surface area contributed by atoms with E-state index in [1.807, 2.05) is 0 Å². The van der Waals surface area contributed by atoms with E-state index in [0.717, 1.165) is 3.92 Å². The summed E-state index contributed by atoms with van der Waals surface area (Å²) in [4.78, 5) is 0.437. The third-order valence-corrected chi connectivity index (χ3v) is 2.22. The van der Waals surface area contributed by atoms with Crippen LogP contribution in [0.1, 0.15) is 0 Å². The Hall–Kier alpha value is -0.420. The van der Waals surface area contributed by atoms with Crippen LogP contribution in [0.15, 0.2) is 16.6 Å². The molecule has 3 nitrogen and oxygen atoms in total. The molecule has 0 atom stereocenters. The molecule has 1 heterocycles. The van der Waals surface area contributed by atoms with Crippen LogP contribution in [0.2, 0.25) is 0 Å². The lowest BCUT2D eigenvalue weighted by Crippen LogP contribution is -2.13. The summed E-state index contributed by atoms with van der Waals surface area (Å²) in [7, 11) is 0. The van der Waals surface area contributed by atoms with Crippen molar-refractivity contribution in [2.24, 2.45) is 0 Å². The Morgan fingerprint density at radius 3 is 3.00 bits per heavy atom. The SMILES string of the molecule is C=CCn1nc(Br)sc1=N. The van der Waals surface area contributed by atoms with Crippen molar-refractivity contribution in [3.05, 3.63) is 21.4 Å². The first-order valence-corrected chi connectivity index (χ1v) is 4.24. The number of rotatable bonds is 2. The summed E-state index contributed by atoms with van der Waals surface area (Å²) in [5, 5.41) is 11.3. The minimum Gasteiger partial charge on any atom is -0.274 e. The van der Waals surface area contributed by atoms with Crippen LogP contribution in [-0.4, -0.2) is 9.78 Å². The molecule has 0 radical (unpaired) electrons. The molecule has 54 valence electrons. The molecule has 0 amide bonds. The predicted octanol–water partition coefficient (Wildman–Crippen LogP) is 1.37. The molecule has 0 saturated heterocycles. The van der Waals surface area contributed by atoms with Crippen molar-refractivity contribution >= 4 is 27.3 Å². The number of nitrogens with zero attached hydrogens (tertiary/aromatic N) is 2. The molecule has 5 heteroatoms. The summed E-state index contributed by atoms with van der Waals surface area (Å²) in [5.41, 5.74) is 0.